The number of piperidine rings is 1. The van der Waals surface area contributed by atoms with Gasteiger partial charge < -0.3 is 17.7 Å². The third-order valence-electron chi connectivity index (χ3n) is 1.65. The van der Waals surface area contributed by atoms with Crippen LogP contribution in [0.25, 0.3) is 0 Å². The van der Waals surface area contributed by atoms with Gasteiger partial charge in [0.05, 0.1) is 6.54 Å². The number of halogens is 2. The summed E-state index contributed by atoms with van der Waals surface area (Å²) in [6.45, 7) is 3.90. The Morgan fingerprint density at radius 3 is 2.44 bits per heavy atom. The molecular weight excluding hydrogens is 141 g/mol. The zero-order valence-corrected chi connectivity index (χ0v) is 6.37. The number of hydrogen-bond donors (Lipinski definition) is 1. The molecule has 0 radical (unpaired) electrons. The van der Waals surface area contributed by atoms with Gasteiger partial charge in [0, 0.05) is 5.92 Å². The zero-order chi connectivity index (χ0) is 5.98. The molecular formula is C6H13ClFN. The van der Waals surface area contributed by atoms with E-state index in [0.29, 0.717) is 12.5 Å². The van der Waals surface area contributed by atoms with Gasteiger partial charge in [0.25, 0.3) is 0 Å². The molecule has 0 aromatic rings. The molecule has 56 valence electrons. The lowest BCUT2D eigenvalue weighted by atomic mass is 10.0. The van der Waals surface area contributed by atoms with E-state index in [2.05, 4.69) is 12.2 Å². The van der Waals surface area contributed by atoms with Gasteiger partial charge in [-0.1, -0.05) is 6.92 Å². The first-order valence-electron chi connectivity index (χ1n) is 3.25. The average Bonchev–Trinajstić information content (AvgIpc) is 1.64. The molecule has 0 aromatic heterocycles. The predicted octanol–water partition coefficient (Wildman–Crippen LogP) is -3.07. The fourth-order valence-electron chi connectivity index (χ4n) is 1.19. The van der Waals surface area contributed by atoms with Gasteiger partial charge in [-0.2, -0.15) is 0 Å². The number of hydrogen-bond acceptors (Lipinski definition) is 0. The van der Waals surface area contributed by atoms with Crippen LogP contribution in [0.2, 0.25) is 0 Å². The predicted molar refractivity (Wildman–Crippen MR) is 30.3 cm³/mol. The molecule has 0 aliphatic carbocycles. The van der Waals surface area contributed by atoms with Crippen LogP contribution in [0, 0.1) is 5.92 Å². The second-order valence-electron chi connectivity index (χ2n) is 2.70. The molecule has 2 N–H and O–H groups in total. The normalized spacial score (nSPS) is 35.3. The van der Waals surface area contributed by atoms with Crippen LogP contribution in [0.15, 0.2) is 0 Å². The molecule has 1 fully saturated rings. The van der Waals surface area contributed by atoms with Crippen molar-refractivity contribution in [3.8, 4) is 0 Å². The molecule has 3 heteroatoms. The third kappa shape index (κ3) is 3.01. The molecule has 1 saturated heterocycles. The Hall–Kier alpha value is 0.180. The Kier molecular flexibility index (Phi) is 4.15. The highest BCUT2D eigenvalue weighted by Crippen LogP contribution is 2.07. The Balaban J connectivity index is 0.000000640. The van der Waals surface area contributed by atoms with Crippen molar-refractivity contribution in [1.29, 1.82) is 0 Å². The fourth-order valence-corrected chi connectivity index (χ4v) is 1.19. The van der Waals surface area contributed by atoms with Crippen molar-refractivity contribution in [3.63, 3.8) is 0 Å². The summed E-state index contributed by atoms with van der Waals surface area (Å²) in [7, 11) is 0. The molecule has 2 atom stereocenters. The van der Waals surface area contributed by atoms with Crippen LogP contribution in [-0.2, 0) is 0 Å². The maximum Gasteiger partial charge on any atom is 0.149 e. The lowest BCUT2D eigenvalue weighted by Gasteiger charge is -2.18. The molecule has 0 saturated carbocycles. The van der Waals surface area contributed by atoms with Gasteiger partial charge in [-0.3, -0.25) is 0 Å². The summed E-state index contributed by atoms with van der Waals surface area (Å²) in [5, 5.41) is 2.05. The van der Waals surface area contributed by atoms with E-state index in [1.54, 1.807) is 0 Å². The van der Waals surface area contributed by atoms with Crippen LogP contribution in [0.5, 0.6) is 0 Å². The first-order chi connectivity index (χ1) is 3.79. The lowest BCUT2D eigenvalue weighted by Crippen LogP contribution is -3.00. The summed E-state index contributed by atoms with van der Waals surface area (Å²) in [6, 6.07) is 0. The summed E-state index contributed by atoms with van der Waals surface area (Å²) in [5.41, 5.74) is 0. The van der Waals surface area contributed by atoms with E-state index in [1.165, 1.54) is 0 Å². The quantitative estimate of drug-likeness (QED) is 0.381. The minimum Gasteiger partial charge on any atom is -1.00 e. The summed E-state index contributed by atoms with van der Waals surface area (Å²) in [6.07, 6.45) is 0.231. The minimum absolute atomic E-state index is 0. The molecule has 2 unspecified atom stereocenters. The molecule has 1 aliphatic rings. The smallest absolute Gasteiger partial charge is 0.149 e. The minimum atomic E-state index is -0.543. The molecule has 0 spiro atoms. The van der Waals surface area contributed by atoms with Crippen molar-refractivity contribution in [2.45, 2.75) is 19.5 Å². The van der Waals surface area contributed by atoms with E-state index in [0.717, 1.165) is 13.0 Å². The molecule has 1 nitrogen and oxygen atoms in total. The van der Waals surface area contributed by atoms with Crippen LogP contribution in [-0.4, -0.2) is 19.3 Å². The maximum absolute atomic E-state index is 12.4. The highest BCUT2D eigenvalue weighted by molar-refractivity contribution is 4.62. The Morgan fingerprint density at radius 1 is 1.44 bits per heavy atom. The van der Waals surface area contributed by atoms with Gasteiger partial charge in [0.15, 0.2) is 0 Å². The van der Waals surface area contributed by atoms with Gasteiger partial charge >= 0.3 is 0 Å². The van der Waals surface area contributed by atoms with Crippen molar-refractivity contribution in [3.05, 3.63) is 0 Å². The van der Waals surface area contributed by atoms with E-state index in [9.17, 15) is 4.39 Å². The fraction of sp³-hybridized carbons (Fsp3) is 1.00. The van der Waals surface area contributed by atoms with Crippen molar-refractivity contribution in [1.82, 2.24) is 0 Å². The Morgan fingerprint density at radius 2 is 2.11 bits per heavy atom. The van der Waals surface area contributed by atoms with Crippen LogP contribution >= 0.6 is 0 Å². The van der Waals surface area contributed by atoms with Crippen LogP contribution in [0.3, 0.4) is 0 Å². The molecule has 1 heterocycles. The van der Waals surface area contributed by atoms with Crippen molar-refractivity contribution in [2.24, 2.45) is 5.92 Å². The SMILES string of the molecule is CC1C[NH2+]CC(F)C1.[Cl-]. The second kappa shape index (κ2) is 4.07. The molecule has 1 rings (SSSR count). The monoisotopic (exact) mass is 153 g/mol. The number of quaternary nitrogens is 1. The first-order valence-corrected chi connectivity index (χ1v) is 3.25. The number of alkyl halides is 1. The Bertz CT molecular complexity index is 71.5. The van der Waals surface area contributed by atoms with E-state index >= 15 is 0 Å². The van der Waals surface area contributed by atoms with E-state index in [4.69, 9.17) is 0 Å². The van der Waals surface area contributed by atoms with Gasteiger partial charge in [-0.15, -0.1) is 0 Å². The summed E-state index contributed by atoms with van der Waals surface area (Å²) in [4.78, 5) is 0. The standard InChI is InChI=1S/C6H12FN.ClH/c1-5-2-6(7)4-8-3-5;/h5-6,8H,2-4H2,1H3;1H. The highest BCUT2D eigenvalue weighted by Gasteiger charge is 2.19. The Labute approximate surface area is 61.4 Å². The van der Waals surface area contributed by atoms with Gasteiger partial charge in [0.1, 0.15) is 12.7 Å². The van der Waals surface area contributed by atoms with Crippen LogP contribution < -0.4 is 17.7 Å². The number of nitrogens with two attached hydrogens (primary N) is 1. The first kappa shape index (κ1) is 9.18. The lowest BCUT2D eigenvalue weighted by molar-refractivity contribution is -0.673. The van der Waals surface area contributed by atoms with E-state index in [1.807, 2.05) is 0 Å². The molecule has 0 amide bonds. The average molecular weight is 154 g/mol. The molecule has 0 bridgehead atoms. The van der Waals surface area contributed by atoms with Gasteiger partial charge in [-0.25, -0.2) is 4.39 Å². The molecule has 9 heavy (non-hydrogen) atoms. The van der Waals surface area contributed by atoms with Crippen molar-refractivity contribution in [2.75, 3.05) is 13.1 Å². The van der Waals surface area contributed by atoms with Gasteiger partial charge in [-0.05, 0) is 6.42 Å². The summed E-state index contributed by atoms with van der Waals surface area (Å²) >= 11 is 0. The maximum atomic E-state index is 12.4. The summed E-state index contributed by atoms with van der Waals surface area (Å²) in [5.74, 6) is 0.582. The summed E-state index contributed by atoms with van der Waals surface area (Å²) < 4.78 is 12.4. The van der Waals surface area contributed by atoms with Crippen LogP contribution in [0.4, 0.5) is 4.39 Å². The van der Waals surface area contributed by atoms with Crippen molar-refractivity contribution < 1.29 is 22.1 Å². The van der Waals surface area contributed by atoms with Crippen LogP contribution in [0.1, 0.15) is 13.3 Å². The third-order valence-corrected chi connectivity index (χ3v) is 1.65. The topological polar surface area (TPSA) is 16.6 Å². The largest absolute Gasteiger partial charge is 1.00 e. The van der Waals surface area contributed by atoms with E-state index < -0.39 is 6.17 Å². The molecule has 1 aliphatic heterocycles. The van der Waals surface area contributed by atoms with E-state index in [-0.39, 0.29) is 12.4 Å². The van der Waals surface area contributed by atoms with Gasteiger partial charge in [0.2, 0.25) is 0 Å². The van der Waals surface area contributed by atoms with Crippen molar-refractivity contribution >= 4 is 0 Å². The highest BCUT2D eigenvalue weighted by atomic mass is 35.5. The zero-order valence-electron chi connectivity index (χ0n) is 5.61. The second-order valence-corrected chi connectivity index (χ2v) is 2.70. The number of rotatable bonds is 0. The molecule has 0 aromatic carbocycles.